The van der Waals surface area contributed by atoms with Crippen LogP contribution in [0.3, 0.4) is 0 Å². The minimum atomic E-state index is -1.62. The van der Waals surface area contributed by atoms with Crippen LogP contribution in [-0.4, -0.2) is 181 Å². The van der Waals surface area contributed by atoms with Crippen molar-refractivity contribution in [2.75, 3.05) is 32.7 Å². The zero-order valence-electron chi connectivity index (χ0n) is 64.8. The number of primary amides is 1. The second-order valence-electron chi connectivity index (χ2n) is 29.8. The molecule has 24 N–H and O–H groups in total. The van der Waals surface area contributed by atoms with Crippen molar-refractivity contribution in [2.45, 2.75) is 322 Å². The average molecular weight is 1480 g/mol. The van der Waals surface area contributed by atoms with Crippen LogP contribution < -0.4 is 92.9 Å². The predicted molar refractivity (Wildman–Crippen MR) is 402 cm³/mol. The van der Waals surface area contributed by atoms with Crippen molar-refractivity contribution >= 4 is 76.9 Å². The zero-order valence-corrected chi connectivity index (χ0v) is 64.8. The molecule has 0 fully saturated rings. The van der Waals surface area contributed by atoms with Crippen LogP contribution in [0, 0.1) is 29.6 Å². The number of carbonyl (C=O) groups excluding carboxylic acids is 12. The Bertz CT molecular complexity index is 2580. The summed E-state index contributed by atoms with van der Waals surface area (Å²) in [5.41, 5.74) is 34.8. The number of carboxylic acids is 1. The molecule has 0 aromatic carbocycles. The van der Waals surface area contributed by atoms with E-state index >= 15 is 0 Å². The topological polar surface area (TPSA) is 531 Å². The van der Waals surface area contributed by atoms with Crippen LogP contribution in [0.5, 0.6) is 0 Å². The number of aliphatic carboxylic acids is 1. The van der Waals surface area contributed by atoms with E-state index in [9.17, 15) is 67.4 Å². The summed E-state index contributed by atoms with van der Waals surface area (Å²) in [6.07, 6.45) is 9.13. The van der Waals surface area contributed by atoms with Gasteiger partial charge in [0, 0.05) is 12.8 Å². The molecule has 0 heterocycles. The van der Waals surface area contributed by atoms with Crippen molar-refractivity contribution < 1.29 is 67.4 Å². The molecule has 0 unspecified atom stereocenters. The van der Waals surface area contributed by atoms with Crippen LogP contribution in [0.2, 0.25) is 0 Å². The lowest BCUT2D eigenvalue weighted by molar-refractivity contribution is -0.139. The van der Waals surface area contributed by atoms with Gasteiger partial charge in [0.05, 0.1) is 0 Å². The fourth-order valence-corrected chi connectivity index (χ4v) is 11.8. The molecule has 0 aliphatic rings. The summed E-state index contributed by atoms with van der Waals surface area (Å²) in [6, 6.07) is -13.8. The second kappa shape index (κ2) is 56.3. The molecule has 0 rings (SSSR count). The van der Waals surface area contributed by atoms with Gasteiger partial charge in [0.1, 0.15) is 66.5 Å². The third-order valence-corrected chi connectivity index (χ3v) is 17.4. The molecule has 0 aliphatic carbocycles. The number of rotatable bonds is 61. The highest BCUT2D eigenvalue weighted by molar-refractivity contribution is 5.99. The van der Waals surface area contributed by atoms with Gasteiger partial charge in [-0.15, -0.1) is 0 Å². The highest BCUT2D eigenvalue weighted by Crippen LogP contribution is 2.17. The van der Waals surface area contributed by atoms with Crippen LogP contribution in [0.1, 0.15) is 256 Å². The molecular weight excluding hydrogens is 1340 g/mol. The highest BCUT2D eigenvalue weighted by atomic mass is 16.4. The summed E-state index contributed by atoms with van der Waals surface area (Å²) in [7, 11) is 0. The first-order valence-corrected chi connectivity index (χ1v) is 38.5. The standard InChI is InChI=1S/C73H139N17O14/c1-12-13-14-15-16-32-61(91)80-57(41-46(4)5)70(101)84-50(27-17-22-35-74)64(95)82-53(30-20-25-38-77)67(98)89-60(44-49(10)11)73(104)90-59(43-48(8)9)72(103)86-55(33-34-62(92)93)69(100)83-54(31-21-26-39-78)68(99)88-58(42-47(6)7)71(102)85-51(28-18-23-36-75)65(96)81-52(29-19-24-37-76)66(97)87-56(63(79)94)40-45(2)3/h45-60H,12-44,74-78H2,1-11H3,(H2,79,94)(H,80,91)(H,81,96)(H,82,95)(H,83,100)(H,84,101)(H,85,102)(H,86,103)(H,87,97)(H,88,99)(H,89,98)(H,90,104)(H,92,93)/t50-,51-,52-,53-,54-,55-,56-,57-,58-,59-,60-/m0/s1. The molecule has 0 saturated heterocycles. The number of nitrogens with one attached hydrogen (secondary N) is 11. The summed E-state index contributed by atoms with van der Waals surface area (Å²) >= 11 is 0. The van der Waals surface area contributed by atoms with E-state index in [2.05, 4.69) is 65.4 Å². The second-order valence-corrected chi connectivity index (χ2v) is 29.8. The molecule has 0 spiro atoms. The van der Waals surface area contributed by atoms with E-state index < -0.39 is 150 Å². The smallest absolute Gasteiger partial charge is 0.303 e. The van der Waals surface area contributed by atoms with Crippen molar-refractivity contribution in [3.8, 4) is 0 Å². The summed E-state index contributed by atoms with van der Waals surface area (Å²) in [4.78, 5) is 182. The summed E-state index contributed by atoms with van der Waals surface area (Å²) in [5, 5.41) is 40.2. The van der Waals surface area contributed by atoms with Gasteiger partial charge < -0.3 is 98.0 Å². The maximum Gasteiger partial charge on any atom is 0.303 e. The van der Waals surface area contributed by atoms with E-state index in [4.69, 9.17) is 34.4 Å². The van der Waals surface area contributed by atoms with E-state index in [1.807, 2.05) is 41.5 Å². The molecule has 0 aromatic rings. The molecule has 31 heteroatoms. The largest absolute Gasteiger partial charge is 0.481 e. The monoisotopic (exact) mass is 1480 g/mol. The fraction of sp³-hybridized carbons (Fsp3) is 0.822. The number of carbonyl (C=O) groups is 13. The van der Waals surface area contributed by atoms with E-state index in [0.717, 1.165) is 25.7 Å². The predicted octanol–water partition coefficient (Wildman–Crippen LogP) is 1.91. The van der Waals surface area contributed by atoms with Gasteiger partial charge in [-0.1, -0.05) is 102 Å². The third-order valence-electron chi connectivity index (χ3n) is 17.4. The van der Waals surface area contributed by atoms with Crippen molar-refractivity contribution in [1.82, 2.24) is 58.5 Å². The van der Waals surface area contributed by atoms with Gasteiger partial charge in [0.15, 0.2) is 0 Å². The molecule has 11 atom stereocenters. The molecular formula is C73H139N17O14. The Morgan fingerprint density at radius 2 is 0.471 bits per heavy atom. The Balaban J connectivity index is 7.21. The zero-order chi connectivity index (χ0) is 78.9. The lowest BCUT2D eigenvalue weighted by atomic mass is 9.98. The van der Waals surface area contributed by atoms with Crippen LogP contribution in [0.15, 0.2) is 0 Å². The van der Waals surface area contributed by atoms with Gasteiger partial charge in [0.2, 0.25) is 70.9 Å². The van der Waals surface area contributed by atoms with Crippen molar-refractivity contribution in [3.05, 3.63) is 0 Å². The first-order valence-electron chi connectivity index (χ1n) is 38.5. The molecule has 12 amide bonds. The normalized spacial score (nSPS) is 14.7. The first-order chi connectivity index (χ1) is 49.2. The highest BCUT2D eigenvalue weighted by Gasteiger charge is 2.37. The third kappa shape index (κ3) is 44.0. The maximum atomic E-state index is 14.6. The number of amides is 12. The van der Waals surface area contributed by atoms with Gasteiger partial charge >= 0.3 is 5.97 Å². The number of nitrogens with two attached hydrogens (primary N) is 6. The quantitative estimate of drug-likeness (QED) is 0.0387. The SMILES string of the molecule is CCCCCCCC(=O)N[C@@H](CC(C)C)C(=O)N[C@@H](CCCCN)C(=O)N[C@@H](CCCCN)C(=O)N[C@@H](CC(C)C)C(=O)N[C@@H](CC(C)C)C(=O)N[C@@H](CCC(=O)O)C(=O)N[C@@H](CCCCN)C(=O)N[C@@H](CC(C)C)C(=O)N[C@@H](CCCCN)C(=O)N[C@@H](CCCCN)C(=O)N[C@@H](CC(C)C)C(N)=O. The van der Waals surface area contributed by atoms with Gasteiger partial charge in [0.25, 0.3) is 0 Å². The number of unbranched alkanes of at least 4 members (excludes halogenated alkanes) is 9. The Hall–Kier alpha value is -7.09. The number of hydrogen-bond acceptors (Lipinski definition) is 18. The summed E-state index contributed by atoms with van der Waals surface area (Å²) < 4.78 is 0. The van der Waals surface area contributed by atoms with Crippen molar-refractivity contribution in [1.29, 1.82) is 0 Å². The molecule has 0 aliphatic heterocycles. The molecule has 0 bridgehead atoms. The average Bonchev–Trinajstić information content (AvgIpc) is 0.850. The minimum absolute atomic E-state index is 0.000226. The molecule has 31 nitrogen and oxygen atoms in total. The summed E-state index contributed by atoms with van der Waals surface area (Å²) in [6.45, 7) is 21.8. The van der Waals surface area contributed by atoms with Crippen LogP contribution in [0.25, 0.3) is 0 Å². The fourth-order valence-electron chi connectivity index (χ4n) is 11.8. The molecule has 104 heavy (non-hydrogen) atoms. The van der Waals surface area contributed by atoms with Crippen LogP contribution in [0.4, 0.5) is 0 Å². The van der Waals surface area contributed by atoms with Gasteiger partial charge in [-0.05, 0) is 204 Å². The van der Waals surface area contributed by atoms with Crippen molar-refractivity contribution in [3.63, 3.8) is 0 Å². The number of carboxylic acid groups (broad SMARTS) is 1. The van der Waals surface area contributed by atoms with Crippen LogP contribution >= 0.6 is 0 Å². The van der Waals surface area contributed by atoms with Crippen molar-refractivity contribution in [2.24, 2.45) is 64.0 Å². The molecule has 0 saturated carbocycles. The molecule has 0 radical (unpaired) electrons. The minimum Gasteiger partial charge on any atom is -0.481 e. The summed E-state index contributed by atoms with van der Waals surface area (Å²) in [5.74, 6) is -10.7. The molecule has 600 valence electrons. The van der Waals surface area contributed by atoms with Crippen LogP contribution in [-0.2, 0) is 62.3 Å². The Labute approximate surface area is 619 Å². The van der Waals surface area contributed by atoms with E-state index in [0.29, 0.717) is 83.7 Å². The number of hydrogen-bond donors (Lipinski definition) is 18. The Morgan fingerprint density at radius 1 is 0.260 bits per heavy atom. The van der Waals surface area contributed by atoms with Gasteiger partial charge in [-0.25, -0.2) is 0 Å². The van der Waals surface area contributed by atoms with Gasteiger partial charge in [-0.3, -0.25) is 62.3 Å². The Morgan fingerprint density at radius 3 is 0.702 bits per heavy atom. The lowest BCUT2D eigenvalue weighted by Crippen LogP contribution is -2.61. The molecule has 0 aromatic heterocycles. The lowest BCUT2D eigenvalue weighted by Gasteiger charge is -2.29. The van der Waals surface area contributed by atoms with Gasteiger partial charge in [-0.2, -0.15) is 0 Å². The maximum absolute atomic E-state index is 14.6. The Kier molecular flexibility index (Phi) is 52.4. The van der Waals surface area contributed by atoms with E-state index in [1.54, 1.807) is 27.7 Å². The van der Waals surface area contributed by atoms with E-state index in [1.165, 1.54) is 0 Å². The first kappa shape index (κ1) is 96.9. The van der Waals surface area contributed by atoms with E-state index in [-0.39, 0.29) is 126 Å².